The largest absolute Gasteiger partial charge is 0.464 e. The van der Waals surface area contributed by atoms with Crippen molar-refractivity contribution in [3.8, 4) is 0 Å². The Morgan fingerprint density at radius 1 is 1.36 bits per heavy atom. The Morgan fingerprint density at radius 3 is 3.04 bits per heavy atom. The van der Waals surface area contributed by atoms with Crippen LogP contribution in [0.15, 0.2) is 33.7 Å². The van der Waals surface area contributed by atoms with E-state index in [2.05, 4.69) is 16.2 Å². The number of furan rings is 1. The summed E-state index contributed by atoms with van der Waals surface area (Å²) in [6, 6.07) is 4.08. The quantitative estimate of drug-likeness (QED) is 0.728. The molecule has 3 aromatic rings. The van der Waals surface area contributed by atoms with Crippen molar-refractivity contribution >= 4 is 16.9 Å². The minimum Gasteiger partial charge on any atom is -0.464 e. The van der Waals surface area contributed by atoms with Crippen LogP contribution in [-0.2, 0) is 16.0 Å². The van der Waals surface area contributed by atoms with Gasteiger partial charge in [-0.25, -0.2) is 0 Å². The predicted molar refractivity (Wildman–Crippen MR) is 89.0 cm³/mol. The van der Waals surface area contributed by atoms with Crippen molar-refractivity contribution in [1.29, 1.82) is 0 Å². The van der Waals surface area contributed by atoms with Crippen LogP contribution in [0.4, 0.5) is 0 Å². The van der Waals surface area contributed by atoms with Crippen molar-refractivity contribution in [2.45, 2.75) is 26.4 Å². The first-order valence-electron chi connectivity index (χ1n) is 8.25. The Labute approximate surface area is 144 Å². The van der Waals surface area contributed by atoms with Gasteiger partial charge >= 0.3 is 0 Å². The molecule has 7 heteroatoms. The van der Waals surface area contributed by atoms with E-state index in [0.29, 0.717) is 31.9 Å². The molecule has 3 heterocycles. The van der Waals surface area contributed by atoms with Gasteiger partial charge in [0.2, 0.25) is 18.1 Å². The molecule has 0 unspecified atom stereocenters. The third-order valence-corrected chi connectivity index (χ3v) is 4.77. The zero-order valence-electron chi connectivity index (χ0n) is 14.2. The summed E-state index contributed by atoms with van der Waals surface area (Å²) in [4.78, 5) is 18.5. The summed E-state index contributed by atoms with van der Waals surface area (Å²) in [6.07, 6.45) is 2.91. The van der Waals surface area contributed by atoms with Crippen LogP contribution in [0.2, 0.25) is 0 Å². The fourth-order valence-corrected chi connectivity index (χ4v) is 3.15. The molecule has 0 N–H and O–H groups in total. The molecule has 1 aliphatic heterocycles. The van der Waals surface area contributed by atoms with Crippen LogP contribution in [0.25, 0.3) is 11.0 Å². The molecule has 0 saturated carbocycles. The topological polar surface area (TPSA) is 81.6 Å². The number of carbonyl (C=O) groups is 1. The highest BCUT2D eigenvalue weighted by Gasteiger charge is 2.28. The zero-order chi connectivity index (χ0) is 17.4. The number of hydrogen-bond acceptors (Lipinski definition) is 6. The molecule has 0 spiro atoms. The van der Waals surface area contributed by atoms with Crippen molar-refractivity contribution in [2.75, 3.05) is 19.7 Å². The number of nitrogens with zero attached hydrogens (tertiary/aromatic N) is 3. The van der Waals surface area contributed by atoms with E-state index in [1.165, 1.54) is 12.0 Å². The maximum atomic E-state index is 12.7. The summed E-state index contributed by atoms with van der Waals surface area (Å²) in [5, 5.41) is 4.80. The van der Waals surface area contributed by atoms with Crippen LogP contribution in [0, 0.1) is 13.8 Å². The number of aryl methyl sites for hydroxylation is 2. The highest BCUT2D eigenvalue weighted by molar-refractivity contribution is 5.89. The summed E-state index contributed by atoms with van der Waals surface area (Å²) in [5.74, 6) is 0.509. The Morgan fingerprint density at radius 2 is 2.24 bits per heavy atom. The van der Waals surface area contributed by atoms with Crippen molar-refractivity contribution in [2.24, 2.45) is 0 Å². The lowest BCUT2D eigenvalue weighted by molar-refractivity contribution is -0.138. The molecule has 1 aliphatic rings. The molecule has 0 radical (unpaired) electrons. The highest BCUT2D eigenvalue weighted by atomic mass is 16.5. The number of amides is 1. The summed E-state index contributed by atoms with van der Waals surface area (Å²) < 4.78 is 16.1. The number of carbonyl (C=O) groups excluding carboxylic acids is 1. The minimum absolute atomic E-state index is 0.0396. The van der Waals surface area contributed by atoms with Crippen LogP contribution in [0.1, 0.15) is 28.6 Å². The molecule has 25 heavy (non-hydrogen) atoms. The SMILES string of the molecule is Cc1ccc2c(CC(=O)N3CCO[C@@H](c4ncon4)C3)coc2c1C. The number of morpholine rings is 1. The Bertz CT molecular complexity index is 901. The van der Waals surface area contributed by atoms with Gasteiger partial charge in [0, 0.05) is 17.5 Å². The van der Waals surface area contributed by atoms with Gasteiger partial charge in [-0.15, -0.1) is 0 Å². The fourth-order valence-electron chi connectivity index (χ4n) is 3.15. The van der Waals surface area contributed by atoms with Crippen molar-refractivity contribution in [3.05, 3.63) is 47.3 Å². The lowest BCUT2D eigenvalue weighted by Gasteiger charge is -2.31. The first-order valence-corrected chi connectivity index (χ1v) is 8.25. The van der Waals surface area contributed by atoms with Gasteiger partial charge in [0.25, 0.3) is 0 Å². The first kappa shape index (κ1) is 15.8. The minimum atomic E-state index is -0.345. The normalized spacial score (nSPS) is 18.0. The molecule has 0 aliphatic carbocycles. The zero-order valence-corrected chi connectivity index (χ0v) is 14.2. The Hall–Kier alpha value is -2.67. The second-order valence-electron chi connectivity index (χ2n) is 6.31. The van der Waals surface area contributed by atoms with E-state index in [0.717, 1.165) is 22.1 Å². The lowest BCUT2D eigenvalue weighted by Crippen LogP contribution is -2.43. The molecular weight excluding hydrogens is 322 g/mol. The molecule has 1 saturated heterocycles. The average Bonchev–Trinajstić information content (AvgIpc) is 3.29. The van der Waals surface area contributed by atoms with Gasteiger partial charge in [-0.1, -0.05) is 17.3 Å². The highest BCUT2D eigenvalue weighted by Crippen LogP contribution is 2.27. The molecule has 130 valence electrons. The van der Waals surface area contributed by atoms with E-state index in [1.807, 2.05) is 19.9 Å². The number of fused-ring (bicyclic) bond motifs is 1. The maximum Gasteiger partial charge on any atom is 0.227 e. The van der Waals surface area contributed by atoms with Crippen LogP contribution >= 0.6 is 0 Å². The first-order chi connectivity index (χ1) is 12.1. The Balaban J connectivity index is 1.51. The smallest absolute Gasteiger partial charge is 0.227 e. The molecule has 1 aromatic carbocycles. The molecule has 7 nitrogen and oxygen atoms in total. The lowest BCUT2D eigenvalue weighted by atomic mass is 10.0. The van der Waals surface area contributed by atoms with Crippen molar-refractivity contribution in [3.63, 3.8) is 0 Å². The van der Waals surface area contributed by atoms with Gasteiger partial charge in [-0.2, -0.15) is 4.98 Å². The van der Waals surface area contributed by atoms with Crippen molar-refractivity contribution in [1.82, 2.24) is 15.0 Å². The van der Waals surface area contributed by atoms with Gasteiger partial charge in [0.05, 0.1) is 25.8 Å². The van der Waals surface area contributed by atoms with Gasteiger partial charge in [-0.05, 0) is 25.0 Å². The third kappa shape index (κ3) is 2.91. The molecular formula is C18H19N3O4. The summed E-state index contributed by atoms with van der Waals surface area (Å²) in [7, 11) is 0. The number of aromatic nitrogens is 2. The van der Waals surface area contributed by atoms with Crippen LogP contribution in [-0.4, -0.2) is 40.6 Å². The average molecular weight is 341 g/mol. The number of rotatable bonds is 3. The van der Waals surface area contributed by atoms with Gasteiger partial charge in [-0.3, -0.25) is 4.79 Å². The van der Waals surface area contributed by atoms with Crippen LogP contribution in [0.3, 0.4) is 0 Å². The van der Waals surface area contributed by atoms with Crippen molar-refractivity contribution < 1.29 is 18.5 Å². The maximum absolute atomic E-state index is 12.7. The van der Waals surface area contributed by atoms with E-state index in [9.17, 15) is 4.79 Å². The van der Waals surface area contributed by atoms with E-state index in [4.69, 9.17) is 13.7 Å². The number of ether oxygens (including phenoxy) is 1. The monoisotopic (exact) mass is 341 g/mol. The predicted octanol–water partition coefficient (Wildman–Crippen LogP) is 2.58. The van der Waals surface area contributed by atoms with E-state index < -0.39 is 0 Å². The molecule has 1 amide bonds. The molecule has 1 atom stereocenters. The molecule has 0 bridgehead atoms. The summed E-state index contributed by atoms with van der Waals surface area (Å²) >= 11 is 0. The van der Waals surface area contributed by atoms with E-state index >= 15 is 0 Å². The standard InChI is InChI=1S/C18H19N3O4/c1-11-3-4-14-13(9-24-17(14)12(11)2)7-16(22)21-5-6-23-15(8-21)18-19-10-25-20-18/h3-4,9-10,15H,5-8H2,1-2H3/t15-/m1/s1. The van der Waals surface area contributed by atoms with Gasteiger partial charge in [0.15, 0.2) is 0 Å². The second kappa shape index (κ2) is 6.33. The Kier molecular flexibility index (Phi) is 4.01. The van der Waals surface area contributed by atoms with Gasteiger partial charge < -0.3 is 18.6 Å². The summed E-state index contributed by atoms with van der Waals surface area (Å²) in [6.45, 7) is 5.51. The van der Waals surface area contributed by atoms with E-state index in [1.54, 1.807) is 11.2 Å². The molecule has 4 rings (SSSR count). The third-order valence-electron chi connectivity index (χ3n) is 4.77. The second-order valence-corrected chi connectivity index (χ2v) is 6.31. The fraction of sp³-hybridized carbons (Fsp3) is 0.389. The number of benzene rings is 1. The van der Waals surface area contributed by atoms with Crippen LogP contribution < -0.4 is 0 Å². The van der Waals surface area contributed by atoms with Crippen LogP contribution in [0.5, 0.6) is 0 Å². The van der Waals surface area contributed by atoms with E-state index in [-0.39, 0.29) is 12.0 Å². The molecule has 2 aromatic heterocycles. The summed E-state index contributed by atoms with van der Waals surface area (Å²) in [5.41, 5.74) is 4.05. The van der Waals surface area contributed by atoms with Gasteiger partial charge in [0.1, 0.15) is 11.7 Å². The number of hydrogen-bond donors (Lipinski definition) is 0. The molecule has 1 fully saturated rings.